The molecule has 0 radical (unpaired) electrons. The van der Waals surface area contributed by atoms with E-state index in [9.17, 15) is 19.6 Å². The number of nitriles is 1. The van der Waals surface area contributed by atoms with Crippen LogP contribution in [-0.2, 0) is 23.1 Å². The van der Waals surface area contributed by atoms with Crippen LogP contribution in [0.1, 0.15) is 29.2 Å². The standard InChI is InChI=1S/C26H26ClN5O4S2/c1-4-36-25(35)31-11-9-30(10-12-31)22-18(16(2)19(14-28)23(33)29(22)3)13-21-24(34)32(26(37)38-21)15-17-7-5-6-8-20(17)27/h5-8,13H,4,9-12,15H2,1-3H3/b21-13-. The molecule has 0 unspecified atom stereocenters. The van der Waals surface area contributed by atoms with Gasteiger partial charge in [0, 0.05) is 43.8 Å². The van der Waals surface area contributed by atoms with Crippen molar-refractivity contribution in [2.75, 3.05) is 37.7 Å². The van der Waals surface area contributed by atoms with Crippen molar-refractivity contribution in [3.05, 3.63) is 66.8 Å². The zero-order valence-corrected chi connectivity index (χ0v) is 23.6. The fourth-order valence-corrected chi connectivity index (χ4v) is 5.91. The van der Waals surface area contributed by atoms with E-state index in [-0.39, 0.29) is 24.1 Å². The number of nitrogens with zero attached hydrogens (tertiary/aromatic N) is 5. The van der Waals surface area contributed by atoms with E-state index in [1.165, 1.54) is 21.2 Å². The Morgan fingerprint density at radius 2 is 1.92 bits per heavy atom. The average Bonchev–Trinajstić information content (AvgIpc) is 3.16. The topological polar surface area (TPSA) is 98.9 Å². The third-order valence-corrected chi connectivity index (χ3v) is 8.25. The summed E-state index contributed by atoms with van der Waals surface area (Å²) in [4.78, 5) is 44.1. The highest BCUT2D eigenvalue weighted by Gasteiger charge is 2.34. The van der Waals surface area contributed by atoms with Gasteiger partial charge in [0.15, 0.2) is 0 Å². The molecule has 0 saturated carbocycles. The number of aromatic nitrogens is 1. The monoisotopic (exact) mass is 571 g/mol. The number of halogens is 1. The SMILES string of the molecule is CCOC(=O)N1CCN(c2c(/C=C3\SC(=S)N(Cc4ccccc4Cl)C3=O)c(C)c(C#N)c(=O)n2C)CC1. The van der Waals surface area contributed by atoms with Crippen molar-refractivity contribution in [3.8, 4) is 6.07 Å². The van der Waals surface area contributed by atoms with Crippen molar-refractivity contribution >= 4 is 63.8 Å². The third kappa shape index (κ3) is 5.29. The van der Waals surface area contributed by atoms with Crippen molar-refractivity contribution in [2.24, 2.45) is 7.05 Å². The highest BCUT2D eigenvalue weighted by molar-refractivity contribution is 8.26. The molecule has 0 atom stereocenters. The minimum Gasteiger partial charge on any atom is -0.450 e. The molecule has 0 bridgehead atoms. The fraction of sp³-hybridized carbons (Fsp3) is 0.346. The van der Waals surface area contributed by atoms with Gasteiger partial charge in [0.2, 0.25) is 0 Å². The van der Waals surface area contributed by atoms with Crippen molar-refractivity contribution in [1.82, 2.24) is 14.4 Å². The molecule has 12 heteroatoms. The van der Waals surface area contributed by atoms with Crippen LogP contribution < -0.4 is 10.5 Å². The molecule has 1 aromatic carbocycles. The molecule has 2 fully saturated rings. The Morgan fingerprint density at radius 1 is 1.24 bits per heavy atom. The van der Waals surface area contributed by atoms with E-state index in [4.69, 9.17) is 28.6 Å². The first kappa shape index (κ1) is 27.7. The summed E-state index contributed by atoms with van der Waals surface area (Å²) in [7, 11) is 1.61. The number of benzene rings is 1. The van der Waals surface area contributed by atoms with Crippen molar-refractivity contribution in [2.45, 2.75) is 20.4 Å². The lowest BCUT2D eigenvalue weighted by Crippen LogP contribution is -2.50. The lowest BCUT2D eigenvalue weighted by Gasteiger charge is -2.37. The maximum absolute atomic E-state index is 13.4. The molecule has 0 N–H and O–H groups in total. The third-order valence-electron chi connectivity index (χ3n) is 6.51. The molecule has 0 spiro atoms. The van der Waals surface area contributed by atoms with E-state index in [0.717, 1.165) is 5.56 Å². The zero-order chi connectivity index (χ0) is 27.6. The van der Waals surface area contributed by atoms with Gasteiger partial charge in [0.25, 0.3) is 11.5 Å². The minimum atomic E-state index is -0.420. The Kier molecular flexibility index (Phi) is 8.45. The molecule has 0 aliphatic carbocycles. The molecule has 2 aromatic rings. The Bertz CT molecular complexity index is 1440. The highest BCUT2D eigenvalue weighted by Crippen LogP contribution is 2.37. The molecule has 1 aromatic heterocycles. The number of piperazine rings is 1. The first-order valence-electron chi connectivity index (χ1n) is 12.0. The van der Waals surface area contributed by atoms with Crippen LogP contribution in [0.15, 0.2) is 34.0 Å². The quantitative estimate of drug-likeness (QED) is 0.394. The largest absolute Gasteiger partial charge is 0.450 e. The van der Waals surface area contributed by atoms with Crippen molar-refractivity contribution < 1.29 is 14.3 Å². The first-order chi connectivity index (χ1) is 18.2. The lowest BCUT2D eigenvalue weighted by atomic mass is 10.0. The molecule has 2 aliphatic rings. The molecule has 4 rings (SSSR count). The lowest BCUT2D eigenvalue weighted by molar-refractivity contribution is -0.122. The maximum atomic E-state index is 13.4. The van der Waals surface area contributed by atoms with E-state index < -0.39 is 5.56 Å². The van der Waals surface area contributed by atoms with Crippen LogP contribution in [0.3, 0.4) is 0 Å². The molecule has 3 heterocycles. The second-order valence-electron chi connectivity index (χ2n) is 8.75. The van der Waals surface area contributed by atoms with Gasteiger partial charge in [-0.25, -0.2) is 4.79 Å². The first-order valence-corrected chi connectivity index (χ1v) is 13.6. The average molecular weight is 572 g/mol. The normalized spacial score (nSPS) is 16.8. The van der Waals surface area contributed by atoms with E-state index in [1.54, 1.807) is 37.9 Å². The summed E-state index contributed by atoms with van der Waals surface area (Å²) in [5.74, 6) is 0.302. The van der Waals surface area contributed by atoms with Gasteiger partial charge in [0.1, 0.15) is 21.8 Å². The predicted molar refractivity (Wildman–Crippen MR) is 152 cm³/mol. The summed E-state index contributed by atoms with van der Waals surface area (Å²) in [5.41, 5.74) is 1.44. The molecular formula is C26H26ClN5O4S2. The van der Waals surface area contributed by atoms with Gasteiger partial charge < -0.3 is 14.5 Å². The second kappa shape index (κ2) is 11.6. The maximum Gasteiger partial charge on any atom is 0.409 e. The van der Waals surface area contributed by atoms with Gasteiger partial charge in [-0.15, -0.1) is 0 Å². The summed E-state index contributed by atoms with van der Waals surface area (Å²) in [5, 5.41) is 10.3. The summed E-state index contributed by atoms with van der Waals surface area (Å²) < 4.78 is 6.94. The number of rotatable bonds is 5. The zero-order valence-electron chi connectivity index (χ0n) is 21.2. The van der Waals surface area contributed by atoms with E-state index in [1.807, 2.05) is 29.2 Å². The summed E-state index contributed by atoms with van der Waals surface area (Å²) in [6.45, 7) is 5.71. The number of hydrogen-bond donors (Lipinski definition) is 0. The molecule has 2 saturated heterocycles. The Hall–Kier alpha value is -3.33. The number of thiocarbonyl (C=S) groups is 1. The van der Waals surface area contributed by atoms with Gasteiger partial charge in [-0.3, -0.25) is 19.1 Å². The van der Waals surface area contributed by atoms with Crippen LogP contribution in [0.5, 0.6) is 0 Å². The number of carbonyl (C=O) groups is 2. The van der Waals surface area contributed by atoms with Crippen LogP contribution in [-0.4, -0.2) is 63.5 Å². The van der Waals surface area contributed by atoms with Gasteiger partial charge in [-0.2, -0.15) is 5.26 Å². The van der Waals surface area contributed by atoms with Crippen LogP contribution in [0, 0.1) is 18.3 Å². The number of hydrogen-bond acceptors (Lipinski definition) is 8. The van der Waals surface area contributed by atoms with Gasteiger partial charge in [-0.05, 0) is 37.1 Å². The number of anilines is 1. The summed E-state index contributed by atoms with van der Waals surface area (Å²) in [6, 6.07) is 9.28. The number of ether oxygens (including phenoxy) is 1. The van der Waals surface area contributed by atoms with E-state index in [0.29, 0.717) is 64.0 Å². The van der Waals surface area contributed by atoms with Gasteiger partial charge in [-0.1, -0.05) is 53.8 Å². The number of pyridine rings is 1. The van der Waals surface area contributed by atoms with Crippen LogP contribution >= 0.6 is 35.6 Å². The van der Waals surface area contributed by atoms with Crippen molar-refractivity contribution in [3.63, 3.8) is 0 Å². The number of amides is 2. The highest BCUT2D eigenvalue weighted by atomic mass is 35.5. The molecule has 198 valence electrons. The van der Waals surface area contributed by atoms with Crippen LogP contribution in [0.2, 0.25) is 5.02 Å². The molecular weight excluding hydrogens is 546 g/mol. The minimum absolute atomic E-state index is 0.0132. The Labute approximate surface area is 235 Å². The molecule has 2 amide bonds. The van der Waals surface area contributed by atoms with Crippen LogP contribution in [0.4, 0.5) is 10.6 Å². The van der Waals surface area contributed by atoms with E-state index in [2.05, 4.69) is 0 Å². The van der Waals surface area contributed by atoms with Gasteiger partial charge in [0.05, 0.1) is 18.1 Å². The molecule has 38 heavy (non-hydrogen) atoms. The van der Waals surface area contributed by atoms with Crippen molar-refractivity contribution in [1.29, 1.82) is 5.26 Å². The smallest absolute Gasteiger partial charge is 0.409 e. The van der Waals surface area contributed by atoms with Gasteiger partial charge >= 0.3 is 6.09 Å². The predicted octanol–water partition coefficient (Wildman–Crippen LogP) is 3.90. The molecule has 2 aliphatic heterocycles. The Balaban J connectivity index is 1.71. The summed E-state index contributed by atoms with van der Waals surface area (Å²) >= 11 is 13.0. The summed E-state index contributed by atoms with van der Waals surface area (Å²) in [6.07, 6.45) is 1.33. The van der Waals surface area contributed by atoms with Crippen LogP contribution in [0.25, 0.3) is 6.08 Å². The molecule has 9 nitrogen and oxygen atoms in total. The number of thioether (sulfide) groups is 1. The fourth-order valence-electron chi connectivity index (χ4n) is 4.47. The number of carbonyl (C=O) groups excluding carboxylic acids is 2. The second-order valence-corrected chi connectivity index (χ2v) is 10.8. The Morgan fingerprint density at radius 3 is 2.55 bits per heavy atom. The van der Waals surface area contributed by atoms with E-state index >= 15 is 0 Å².